The van der Waals surface area contributed by atoms with E-state index in [2.05, 4.69) is 4.74 Å². The summed E-state index contributed by atoms with van der Waals surface area (Å²) in [4.78, 5) is 24.9. The first-order chi connectivity index (χ1) is 9.45. The molecular formula is C13H8Cl3NO3. The quantitative estimate of drug-likeness (QED) is 0.780. The molecule has 0 bridgehead atoms. The molecule has 1 aliphatic heterocycles. The van der Waals surface area contributed by atoms with Gasteiger partial charge in [0.05, 0.1) is 18.4 Å². The minimum absolute atomic E-state index is 0.00690. The maximum absolute atomic E-state index is 12.1. The standard InChI is InChI=1S/C13H8Cl3NO3/c1-20-13(19)9-6-10(18)17(11(9)12(15)16)8-4-2-7(14)3-5-8/h2-6H,1H3. The second-order valence-electron chi connectivity index (χ2n) is 3.81. The average molecular weight is 333 g/mol. The van der Waals surface area contributed by atoms with Gasteiger partial charge in [0.2, 0.25) is 0 Å². The van der Waals surface area contributed by atoms with Crippen LogP contribution < -0.4 is 4.90 Å². The van der Waals surface area contributed by atoms with Crippen molar-refractivity contribution in [2.24, 2.45) is 0 Å². The number of esters is 1. The molecule has 0 N–H and O–H groups in total. The second kappa shape index (κ2) is 5.87. The Labute approximate surface area is 130 Å². The van der Waals surface area contributed by atoms with Gasteiger partial charge < -0.3 is 4.74 Å². The van der Waals surface area contributed by atoms with Crippen LogP contribution in [0.4, 0.5) is 5.69 Å². The first-order valence-electron chi connectivity index (χ1n) is 5.41. The van der Waals surface area contributed by atoms with E-state index < -0.39 is 11.9 Å². The molecule has 1 amide bonds. The molecule has 0 radical (unpaired) electrons. The zero-order chi connectivity index (χ0) is 14.9. The molecule has 1 heterocycles. The van der Waals surface area contributed by atoms with E-state index in [4.69, 9.17) is 34.8 Å². The number of carbonyl (C=O) groups is 2. The summed E-state index contributed by atoms with van der Waals surface area (Å²) in [7, 11) is 1.21. The van der Waals surface area contributed by atoms with Crippen LogP contribution in [0.25, 0.3) is 0 Å². The molecule has 4 nitrogen and oxygen atoms in total. The minimum atomic E-state index is -0.691. The van der Waals surface area contributed by atoms with Crippen molar-refractivity contribution in [2.45, 2.75) is 0 Å². The number of hydrogen-bond acceptors (Lipinski definition) is 3. The van der Waals surface area contributed by atoms with Gasteiger partial charge in [0.25, 0.3) is 5.91 Å². The molecule has 0 aliphatic carbocycles. The number of benzene rings is 1. The van der Waals surface area contributed by atoms with Crippen LogP contribution in [0.3, 0.4) is 0 Å². The number of amides is 1. The van der Waals surface area contributed by atoms with E-state index >= 15 is 0 Å². The third-order valence-electron chi connectivity index (χ3n) is 2.64. The Bertz CT molecular complexity index is 631. The summed E-state index contributed by atoms with van der Waals surface area (Å²) in [6.07, 6.45) is 1.13. The molecule has 104 valence electrons. The molecule has 1 aromatic rings. The SMILES string of the molecule is COC(=O)C1=CC(=O)N(c2ccc(Cl)cc2)C1=C(Cl)Cl. The number of carbonyl (C=O) groups excluding carboxylic acids is 2. The van der Waals surface area contributed by atoms with Gasteiger partial charge in [-0.25, -0.2) is 4.79 Å². The van der Waals surface area contributed by atoms with E-state index in [-0.39, 0.29) is 15.8 Å². The maximum Gasteiger partial charge on any atom is 0.340 e. The molecule has 0 atom stereocenters. The van der Waals surface area contributed by atoms with E-state index in [1.54, 1.807) is 24.3 Å². The molecule has 0 spiro atoms. The average Bonchev–Trinajstić information content (AvgIpc) is 2.76. The van der Waals surface area contributed by atoms with Crippen molar-refractivity contribution in [2.75, 3.05) is 12.0 Å². The van der Waals surface area contributed by atoms with E-state index in [1.807, 2.05) is 0 Å². The number of methoxy groups -OCH3 is 1. The van der Waals surface area contributed by atoms with Crippen molar-refractivity contribution in [1.29, 1.82) is 0 Å². The smallest absolute Gasteiger partial charge is 0.340 e. The van der Waals surface area contributed by atoms with Gasteiger partial charge in [-0.05, 0) is 24.3 Å². The lowest BCUT2D eigenvalue weighted by molar-refractivity contribution is -0.135. The van der Waals surface area contributed by atoms with Crippen LogP contribution in [0, 0.1) is 0 Å². The number of ether oxygens (including phenoxy) is 1. The molecule has 0 unspecified atom stereocenters. The van der Waals surface area contributed by atoms with Crippen molar-refractivity contribution in [3.63, 3.8) is 0 Å². The molecule has 0 aromatic heterocycles. The van der Waals surface area contributed by atoms with Crippen LogP contribution in [-0.4, -0.2) is 19.0 Å². The molecule has 2 rings (SSSR count). The fourth-order valence-electron chi connectivity index (χ4n) is 1.79. The second-order valence-corrected chi connectivity index (χ2v) is 5.19. The lowest BCUT2D eigenvalue weighted by Crippen LogP contribution is -2.25. The van der Waals surface area contributed by atoms with Gasteiger partial charge in [-0.15, -0.1) is 0 Å². The van der Waals surface area contributed by atoms with Crippen molar-refractivity contribution in [1.82, 2.24) is 0 Å². The fourth-order valence-corrected chi connectivity index (χ4v) is 2.28. The summed E-state index contributed by atoms with van der Waals surface area (Å²) >= 11 is 17.4. The highest BCUT2D eigenvalue weighted by Crippen LogP contribution is 2.35. The van der Waals surface area contributed by atoms with Gasteiger partial charge in [-0.1, -0.05) is 34.8 Å². The Hall–Kier alpha value is -1.49. The summed E-state index contributed by atoms with van der Waals surface area (Å²) in [6.45, 7) is 0. The third-order valence-corrected chi connectivity index (χ3v) is 3.25. The highest BCUT2D eigenvalue weighted by molar-refractivity contribution is 6.57. The first kappa shape index (κ1) is 14.9. The molecule has 7 heteroatoms. The number of rotatable bonds is 2. The molecule has 0 saturated carbocycles. The third kappa shape index (κ3) is 2.68. The zero-order valence-corrected chi connectivity index (χ0v) is 12.5. The van der Waals surface area contributed by atoms with Crippen molar-refractivity contribution in [3.8, 4) is 0 Å². The van der Waals surface area contributed by atoms with Gasteiger partial charge in [0.1, 0.15) is 4.49 Å². The summed E-state index contributed by atoms with van der Waals surface area (Å²) in [5.41, 5.74) is 0.586. The largest absolute Gasteiger partial charge is 0.465 e. The number of nitrogens with zero attached hydrogens (tertiary/aromatic N) is 1. The maximum atomic E-state index is 12.1. The van der Waals surface area contributed by atoms with Gasteiger partial charge >= 0.3 is 5.97 Å². The summed E-state index contributed by atoms with van der Waals surface area (Å²) in [5, 5.41) is 0.518. The monoisotopic (exact) mass is 331 g/mol. The summed E-state index contributed by atoms with van der Waals surface area (Å²) in [6, 6.07) is 6.45. The number of anilines is 1. The van der Waals surface area contributed by atoms with Crippen LogP contribution in [0.5, 0.6) is 0 Å². The molecule has 20 heavy (non-hydrogen) atoms. The Balaban J connectivity index is 2.51. The molecule has 1 aliphatic rings. The van der Waals surface area contributed by atoms with Gasteiger partial charge in [0, 0.05) is 16.8 Å². The predicted molar refractivity (Wildman–Crippen MR) is 77.8 cm³/mol. The van der Waals surface area contributed by atoms with Crippen molar-refractivity contribution >= 4 is 52.4 Å². The van der Waals surface area contributed by atoms with Gasteiger partial charge in [-0.3, -0.25) is 9.69 Å². The Morgan fingerprint density at radius 1 is 1.20 bits per heavy atom. The number of hydrogen-bond donors (Lipinski definition) is 0. The van der Waals surface area contributed by atoms with E-state index in [1.165, 1.54) is 12.0 Å². The zero-order valence-electron chi connectivity index (χ0n) is 10.2. The van der Waals surface area contributed by atoms with E-state index in [0.717, 1.165) is 6.08 Å². The van der Waals surface area contributed by atoms with Gasteiger partial charge in [-0.2, -0.15) is 0 Å². The van der Waals surface area contributed by atoms with Crippen LogP contribution >= 0.6 is 34.8 Å². The predicted octanol–water partition coefficient (Wildman–Crippen LogP) is 3.43. The lowest BCUT2D eigenvalue weighted by Gasteiger charge is -2.19. The molecule has 1 aromatic carbocycles. The Morgan fingerprint density at radius 3 is 2.30 bits per heavy atom. The summed E-state index contributed by atoms with van der Waals surface area (Å²) < 4.78 is 4.40. The highest BCUT2D eigenvalue weighted by Gasteiger charge is 2.35. The van der Waals surface area contributed by atoms with Gasteiger partial charge in [0.15, 0.2) is 0 Å². The summed E-state index contributed by atoms with van der Waals surface area (Å²) in [5.74, 6) is -1.13. The van der Waals surface area contributed by atoms with Crippen LogP contribution in [0.1, 0.15) is 0 Å². The highest BCUT2D eigenvalue weighted by atomic mass is 35.5. The van der Waals surface area contributed by atoms with Crippen molar-refractivity contribution < 1.29 is 14.3 Å². The van der Waals surface area contributed by atoms with Crippen LogP contribution in [-0.2, 0) is 14.3 Å². The Morgan fingerprint density at radius 2 is 1.80 bits per heavy atom. The molecule has 0 saturated heterocycles. The first-order valence-corrected chi connectivity index (χ1v) is 6.54. The fraction of sp³-hybridized carbons (Fsp3) is 0.0769. The molecular weight excluding hydrogens is 325 g/mol. The van der Waals surface area contributed by atoms with Crippen molar-refractivity contribution in [3.05, 3.63) is 51.1 Å². The van der Waals surface area contributed by atoms with Crippen LogP contribution in [0.2, 0.25) is 5.02 Å². The van der Waals surface area contributed by atoms with E-state index in [0.29, 0.717) is 10.7 Å². The lowest BCUT2D eigenvalue weighted by atomic mass is 10.2. The van der Waals surface area contributed by atoms with E-state index in [9.17, 15) is 9.59 Å². The topological polar surface area (TPSA) is 46.6 Å². The minimum Gasteiger partial charge on any atom is -0.465 e. The van der Waals surface area contributed by atoms with Crippen LogP contribution in [0.15, 0.2) is 46.1 Å². The molecule has 0 fully saturated rings. The Kier molecular flexibility index (Phi) is 4.38. The number of halogens is 3. The normalized spacial score (nSPS) is 14.4.